The summed E-state index contributed by atoms with van der Waals surface area (Å²) in [4.78, 5) is 14.2. The summed E-state index contributed by atoms with van der Waals surface area (Å²) in [7, 11) is 1.85. The highest BCUT2D eigenvalue weighted by molar-refractivity contribution is 9.11. The lowest BCUT2D eigenvalue weighted by molar-refractivity contribution is 0.0628. The van der Waals surface area contributed by atoms with Crippen molar-refractivity contribution in [3.63, 3.8) is 0 Å². The van der Waals surface area contributed by atoms with Crippen LogP contribution in [0.15, 0.2) is 27.1 Å². The number of benzene rings is 1. The van der Waals surface area contributed by atoms with Crippen LogP contribution >= 0.6 is 31.9 Å². The van der Waals surface area contributed by atoms with Gasteiger partial charge in [-0.3, -0.25) is 4.79 Å². The number of carbonyl (C=O) groups excluding carboxylic acids is 1. The Morgan fingerprint density at radius 3 is 2.28 bits per heavy atom. The molecule has 0 fully saturated rings. The highest BCUT2D eigenvalue weighted by Gasteiger charge is 2.28. The summed E-state index contributed by atoms with van der Waals surface area (Å²) in [6, 6.07) is 5.78. The van der Waals surface area contributed by atoms with Crippen molar-refractivity contribution in [3.8, 4) is 0 Å². The molecule has 0 bridgehead atoms. The first-order valence-corrected chi connectivity index (χ1v) is 7.45. The number of carbonyl (C=O) groups is 1. The lowest BCUT2D eigenvalue weighted by atomic mass is 9.87. The summed E-state index contributed by atoms with van der Waals surface area (Å²) in [6.45, 7) is 8.48. The Bertz CT molecular complexity index is 452. The molecule has 0 saturated carbocycles. The summed E-state index contributed by atoms with van der Waals surface area (Å²) in [5.74, 6) is 0.0387. The van der Waals surface area contributed by atoms with E-state index in [0.29, 0.717) is 5.56 Å². The van der Waals surface area contributed by atoms with Crippen LogP contribution in [0.1, 0.15) is 38.1 Å². The minimum atomic E-state index is 0.0387. The third kappa shape index (κ3) is 3.58. The molecule has 1 unspecified atom stereocenters. The van der Waals surface area contributed by atoms with Gasteiger partial charge in [-0.15, -0.1) is 0 Å². The molecular formula is C14H19Br2NO. The van der Waals surface area contributed by atoms with E-state index in [2.05, 4.69) is 59.6 Å². The molecule has 0 spiro atoms. The SMILES string of the molecule is CC(N(C)C(=O)c1ccc(Br)cc1Br)C(C)(C)C. The second kappa shape index (κ2) is 5.74. The van der Waals surface area contributed by atoms with E-state index in [4.69, 9.17) is 0 Å². The first-order valence-electron chi connectivity index (χ1n) is 5.87. The van der Waals surface area contributed by atoms with E-state index in [0.717, 1.165) is 8.95 Å². The summed E-state index contributed by atoms with van der Waals surface area (Å²) in [5.41, 5.74) is 0.753. The first-order chi connectivity index (χ1) is 8.14. The average molecular weight is 377 g/mol. The van der Waals surface area contributed by atoms with Gasteiger partial charge in [0.2, 0.25) is 0 Å². The molecule has 0 radical (unpaired) electrons. The van der Waals surface area contributed by atoms with Gasteiger partial charge in [0.05, 0.1) is 5.56 Å². The molecular weight excluding hydrogens is 358 g/mol. The third-order valence-corrected chi connectivity index (χ3v) is 4.47. The predicted molar refractivity (Wildman–Crippen MR) is 82.9 cm³/mol. The molecule has 1 amide bonds. The van der Waals surface area contributed by atoms with Crippen LogP contribution in [-0.2, 0) is 0 Å². The third-order valence-electron chi connectivity index (χ3n) is 3.32. The number of amides is 1. The highest BCUT2D eigenvalue weighted by Crippen LogP contribution is 2.27. The minimum absolute atomic E-state index is 0.0387. The fraction of sp³-hybridized carbons (Fsp3) is 0.500. The van der Waals surface area contributed by atoms with Gasteiger partial charge in [-0.1, -0.05) is 36.7 Å². The van der Waals surface area contributed by atoms with Gasteiger partial charge in [-0.25, -0.2) is 0 Å². The molecule has 1 aromatic carbocycles. The fourth-order valence-corrected chi connectivity index (χ4v) is 2.83. The van der Waals surface area contributed by atoms with Crippen LogP contribution in [-0.4, -0.2) is 23.9 Å². The van der Waals surface area contributed by atoms with Crippen molar-refractivity contribution in [3.05, 3.63) is 32.7 Å². The minimum Gasteiger partial charge on any atom is -0.338 e. The van der Waals surface area contributed by atoms with Crippen molar-refractivity contribution in [2.75, 3.05) is 7.05 Å². The van der Waals surface area contributed by atoms with Gasteiger partial charge in [0, 0.05) is 22.0 Å². The monoisotopic (exact) mass is 375 g/mol. The summed E-state index contributed by atoms with van der Waals surface area (Å²) in [5, 5.41) is 0. The van der Waals surface area contributed by atoms with E-state index in [9.17, 15) is 4.79 Å². The van der Waals surface area contributed by atoms with Crippen LogP contribution in [0.25, 0.3) is 0 Å². The fourth-order valence-electron chi connectivity index (χ4n) is 1.61. The molecule has 0 saturated heterocycles. The van der Waals surface area contributed by atoms with Crippen LogP contribution < -0.4 is 0 Å². The number of halogens is 2. The van der Waals surface area contributed by atoms with Gasteiger partial charge in [0.25, 0.3) is 5.91 Å². The number of hydrogen-bond acceptors (Lipinski definition) is 1. The lowest BCUT2D eigenvalue weighted by Crippen LogP contribution is -2.43. The highest BCUT2D eigenvalue weighted by atomic mass is 79.9. The predicted octanol–water partition coefficient (Wildman–Crippen LogP) is 4.72. The smallest absolute Gasteiger partial charge is 0.254 e. The second-order valence-corrected chi connectivity index (χ2v) is 7.35. The topological polar surface area (TPSA) is 20.3 Å². The molecule has 0 heterocycles. The Hall–Kier alpha value is -0.350. The van der Waals surface area contributed by atoms with Crippen LogP contribution in [0.2, 0.25) is 0 Å². The Kier molecular flexibility index (Phi) is 5.01. The van der Waals surface area contributed by atoms with Crippen molar-refractivity contribution in [1.29, 1.82) is 0 Å². The Morgan fingerprint density at radius 2 is 1.83 bits per heavy atom. The van der Waals surface area contributed by atoms with Crippen LogP contribution in [0.3, 0.4) is 0 Å². The van der Waals surface area contributed by atoms with Gasteiger partial charge >= 0.3 is 0 Å². The second-order valence-electron chi connectivity index (χ2n) is 5.58. The molecule has 18 heavy (non-hydrogen) atoms. The molecule has 1 rings (SSSR count). The van der Waals surface area contributed by atoms with Crippen LogP contribution in [0.4, 0.5) is 0 Å². The van der Waals surface area contributed by atoms with Gasteiger partial charge in [-0.05, 0) is 46.5 Å². The Balaban J connectivity index is 3.00. The van der Waals surface area contributed by atoms with Gasteiger partial charge < -0.3 is 4.90 Å². The molecule has 2 nitrogen and oxygen atoms in total. The molecule has 0 N–H and O–H groups in total. The van der Waals surface area contributed by atoms with E-state index in [1.54, 1.807) is 4.90 Å². The molecule has 0 aliphatic carbocycles. The zero-order valence-corrected chi connectivity index (χ0v) is 14.6. The Labute approximate surface area is 126 Å². The summed E-state index contributed by atoms with van der Waals surface area (Å²) < 4.78 is 1.77. The van der Waals surface area contributed by atoms with E-state index >= 15 is 0 Å². The zero-order chi connectivity index (χ0) is 14.1. The molecule has 100 valence electrons. The first kappa shape index (κ1) is 15.7. The number of rotatable bonds is 2. The van der Waals surface area contributed by atoms with E-state index in [1.165, 1.54) is 0 Å². The molecule has 0 aliphatic heterocycles. The maximum absolute atomic E-state index is 12.4. The van der Waals surface area contributed by atoms with Crippen molar-refractivity contribution < 1.29 is 4.79 Å². The molecule has 0 aromatic heterocycles. The number of nitrogens with zero attached hydrogens (tertiary/aromatic N) is 1. The summed E-state index contributed by atoms with van der Waals surface area (Å²) >= 11 is 6.83. The van der Waals surface area contributed by atoms with Gasteiger partial charge in [-0.2, -0.15) is 0 Å². The van der Waals surface area contributed by atoms with Gasteiger partial charge in [0.15, 0.2) is 0 Å². The van der Waals surface area contributed by atoms with Crippen molar-refractivity contribution in [2.24, 2.45) is 5.41 Å². The standard InChI is InChI=1S/C14H19Br2NO/c1-9(14(2,3)4)17(5)13(18)11-7-6-10(15)8-12(11)16/h6-9H,1-5H3. The van der Waals surface area contributed by atoms with E-state index in [-0.39, 0.29) is 17.4 Å². The van der Waals surface area contributed by atoms with Crippen molar-refractivity contribution in [2.45, 2.75) is 33.7 Å². The largest absolute Gasteiger partial charge is 0.338 e. The maximum atomic E-state index is 12.4. The van der Waals surface area contributed by atoms with E-state index in [1.807, 2.05) is 25.2 Å². The summed E-state index contributed by atoms with van der Waals surface area (Å²) in [6.07, 6.45) is 0. The number of hydrogen-bond donors (Lipinski definition) is 0. The van der Waals surface area contributed by atoms with Crippen molar-refractivity contribution >= 4 is 37.8 Å². The van der Waals surface area contributed by atoms with Crippen molar-refractivity contribution in [1.82, 2.24) is 4.90 Å². The molecule has 4 heteroatoms. The normalized spacial score (nSPS) is 13.3. The molecule has 1 aromatic rings. The quantitative estimate of drug-likeness (QED) is 0.731. The molecule has 1 atom stereocenters. The van der Waals surface area contributed by atoms with Crippen LogP contribution in [0, 0.1) is 5.41 Å². The van der Waals surface area contributed by atoms with Gasteiger partial charge in [0.1, 0.15) is 0 Å². The van der Waals surface area contributed by atoms with Crippen LogP contribution in [0.5, 0.6) is 0 Å². The lowest BCUT2D eigenvalue weighted by Gasteiger charge is -2.35. The Morgan fingerprint density at radius 1 is 1.28 bits per heavy atom. The zero-order valence-electron chi connectivity index (χ0n) is 11.4. The molecule has 0 aliphatic rings. The maximum Gasteiger partial charge on any atom is 0.254 e. The van der Waals surface area contributed by atoms with E-state index < -0.39 is 0 Å². The average Bonchev–Trinajstić information content (AvgIpc) is 2.25.